The third-order valence-corrected chi connectivity index (χ3v) is 6.46. The molecule has 2 fully saturated rings. The molecule has 0 saturated carbocycles. The number of rotatable bonds is 5. The van der Waals surface area contributed by atoms with Crippen molar-refractivity contribution in [3.05, 3.63) is 24.3 Å². The molecular weight excluding hydrogens is 376 g/mol. The monoisotopic (exact) mass is 404 g/mol. The van der Waals surface area contributed by atoms with Crippen LogP contribution in [-0.4, -0.2) is 82.8 Å². The second-order valence-electron chi connectivity index (χ2n) is 8.22. The lowest BCUT2D eigenvalue weighted by Gasteiger charge is -2.37. The van der Waals surface area contributed by atoms with Crippen molar-refractivity contribution < 1.29 is 29.0 Å². The molecule has 1 spiro atoms. The fraction of sp³-hybridized carbons (Fsp3) is 0.667. The molecular formula is C21H28N2O6. The molecule has 8 nitrogen and oxygen atoms in total. The summed E-state index contributed by atoms with van der Waals surface area (Å²) in [5.41, 5.74) is -1.24. The second-order valence-corrected chi connectivity index (χ2v) is 8.22. The number of ether oxygens (including phenoxy) is 2. The van der Waals surface area contributed by atoms with Gasteiger partial charge in [-0.15, -0.1) is 0 Å². The van der Waals surface area contributed by atoms with Crippen LogP contribution in [0.5, 0.6) is 0 Å². The van der Waals surface area contributed by atoms with Crippen LogP contribution in [0.4, 0.5) is 0 Å². The van der Waals surface area contributed by atoms with Gasteiger partial charge in [-0.25, -0.2) is 0 Å². The molecule has 1 unspecified atom stereocenters. The summed E-state index contributed by atoms with van der Waals surface area (Å²) < 4.78 is 11.6. The maximum absolute atomic E-state index is 13.6. The zero-order valence-corrected chi connectivity index (χ0v) is 16.8. The fourth-order valence-electron chi connectivity index (χ4n) is 5.07. The summed E-state index contributed by atoms with van der Waals surface area (Å²) in [5.74, 6) is -2.69. The normalized spacial score (nSPS) is 37.0. The van der Waals surface area contributed by atoms with Crippen LogP contribution < -0.4 is 0 Å². The highest BCUT2D eigenvalue weighted by Crippen LogP contribution is 2.53. The minimum absolute atomic E-state index is 0.142. The average molecular weight is 404 g/mol. The lowest BCUT2D eigenvalue weighted by Crippen LogP contribution is -2.57. The van der Waals surface area contributed by atoms with Crippen molar-refractivity contribution >= 4 is 17.8 Å². The molecule has 2 amide bonds. The number of aliphatic hydroxyl groups is 1. The number of carbonyl (C=O) groups excluding carboxylic acids is 3. The van der Waals surface area contributed by atoms with E-state index < -0.39 is 41.6 Å². The van der Waals surface area contributed by atoms with E-state index in [-0.39, 0.29) is 25.0 Å². The van der Waals surface area contributed by atoms with Crippen LogP contribution in [-0.2, 0) is 23.9 Å². The van der Waals surface area contributed by atoms with Crippen LogP contribution in [0, 0.1) is 11.8 Å². The summed E-state index contributed by atoms with van der Waals surface area (Å²) in [4.78, 5) is 43.0. The molecule has 2 saturated heterocycles. The highest BCUT2D eigenvalue weighted by Gasteiger charge is 2.72. The Morgan fingerprint density at radius 3 is 2.79 bits per heavy atom. The van der Waals surface area contributed by atoms with E-state index in [0.29, 0.717) is 13.1 Å². The summed E-state index contributed by atoms with van der Waals surface area (Å²) in [6, 6.07) is -1.48. The van der Waals surface area contributed by atoms with Crippen molar-refractivity contribution in [2.45, 2.75) is 50.5 Å². The van der Waals surface area contributed by atoms with E-state index in [1.54, 1.807) is 30.1 Å². The van der Waals surface area contributed by atoms with Gasteiger partial charge in [0.25, 0.3) is 0 Å². The number of nitrogens with zero attached hydrogens (tertiary/aromatic N) is 2. The first-order valence-electron chi connectivity index (χ1n) is 10.4. The number of hydrogen-bond donors (Lipinski definition) is 1. The minimum atomic E-state index is -1.24. The van der Waals surface area contributed by atoms with E-state index in [1.807, 2.05) is 6.08 Å². The minimum Gasteiger partial charge on any atom is -0.461 e. The van der Waals surface area contributed by atoms with E-state index in [1.165, 1.54) is 4.90 Å². The van der Waals surface area contributed by atoms with Gasteiger partial charge in [0.05, 0.1) is 24.7 Å². The Bertz CT molecular complexity index is 764. The molecule has 0 aromatic carbocycles. The number of amides is 2. The first-order valence-corrected chi connectivity index (χ1v) is 10.4. The molecule has 0 radical (unpaired) electrons. The van der Waals surface area contributed by atoms with Crippen molar-refractivity contribution in [3.8, 4) is 0 Å². The summed E-state index contributed by atoms with van der Waals surface area (Å²) in [7, 11) is 0. The maximum atomic E-state index is 13.6. The van der Waals surface area contributed by atoms with E-state index in [2.05, 4.69) is 6.92 Å². The number of cyclic esters (lactones) is 1. The van der Waals surface area contributed by atoms with Gasteiger partial charge in [-0.1, -0.05) is 31.6 Å². The zero-order chi connectivity index (χ0) is 20.8. The molecule has 1 N–H and O–H groups in total. The Balaban J connectivity index is 1.81. The number of carbonyl (C=O) groups is 3. The van der Waals surface area contributed by atoms with Crippen LogP contribution in [0.15, 0.2) is 24.3 Å². The maximum Gasteiger partial charge on any atom is 0.313 e. The standard InChI is InChI=1S/C21H28N2O6/c1-3-4-9-22-10-6-8-21-16(15-14(29-21)7-5-11-28-20(15)27)18(25)23(13(2)12-24)17(21)19(22)26/h5-8,13-17,24H,3-4,9-12H2,1-2H3/t13-,14+,15-,16+,17?,21+/m1/s1. The number of aliphatic hydroxyl groups excluding tert-OH is 1. The number of likely N-dealkylation sites (tertiary alicyclic amines) is 1. The summed E-state index contributed by atoms with van der Waals surface area (Å²) in [6.45, 7) is 4.63. The molecule has 4 rings (SSSR count). The number of fused-ring (bicyclic) bond motifs is 2. The smallest absolute Gasteiger partial charge is 0.313 e. The highest BCUT2D eigenvalue weighted by atomic mass is 16.6. The fourth-order valence-corrected chi connectivity index (χ4v) is 5.07. The quantitative estimate of drug-likeness (QED) is 0.522. The lowest BCUT2D eigenvalue weighted by atomic mass is 9.78. The predicted octanol–water partition coefficient (Wildman–Crippen LogP) is 0.260. The average Bonchev–Trinajstić information content (AvgIpc) is 3.02. The van der Waals surface area contributed by atoms with Gasteiger partial charge in [0.2, 0.25) is 11.8 Å². The van der Waals surface area contributed by atoms with Crippen LogP contribution in [0.3, 0.4) is 0 Å². The van der Waals surface area contributed by atoms with E-state index in [4.69, 9.17) is 9.47 Å². The van der Waals surface area contributed by atoms with E-state index in [0.717, 1.165) is 12.8 Å². The van der Waals surface area contributed by atoms with Gasteiger partial charge in [0.15, 0.2) is 0 Å². The number of unbranched alkanes of at least 4 members (excludes halogenated alkanes) is 1. The molecule has 0 bridgehead atoms. The largest absolute Gasteiger partial charge is 0.461 e. The number of hydrogen-bond acceptors (Lipinski definition) is 6. The highest BCUT2D eigenvalue weighted by molar-refractivity contribution is 5.99. The zero-order valence-electron chi connectivity index (χ0n) is 16.8. The van der Waals surface area contributed by atoms with Crippen molar-refractivity contribution in [3.63, 3.8) is 0 Å². The van der Waals surface area contributed by atoms with Gasteiger partial charge in [-0.3, -0.25) is 14.4 Å². The molecule has 4 aliphatic heterocycles. The van der Waals surface area contributed by atoms with Crippen molar-refractivity contribution in [2.24, 2.45) is 11.8 Å². The SMILES string of the molecule is CCCCN1CC=C[C@]23O[C@H]4C=CCOC(=O)[C@H]4[C@H]2C(=O)N([C@H](C)CO)C3C1=O. The molecule has 8 heteroatoms. The molecule has 0 aliphatic carbocycles. The topological polar surface area (TPSA) is 96.4 Å². The van der Waals surface area contributed by atoms with Crippen LogP contribution in [0.25, 0.3) is 0 Å². The second kappa shape index (κ2) is 7.57. The van der Waals surface area contributed by atoms with Crippen LogP contribution >= 0.6 is 0 Å². The molecule has 0 aromatic rings. The Morgan fingerprint density at radius 1 is 1.28 bits per heavy atom. The van der Waals surface area contributed by atoms with Gasteiger partial charge < -0.3 is 24.4 Å². The number of esters is 1. The molecule has 4 aliphatic rings. The van der Waals surface area contributed by atoms with Gasteiger partial charge in [-0.2, -0.15) is 0 Å². The molecule has 29 heavy (non-hydrogen) atoms. The third-order valence-electron chi connectivity index (χ3n) is 6.46. The molecule has 0 aromatic heterocycles. The van der Waals surface area contributed by atoms with Gasteiger partial charge >= 0.3 is 5.97 Å². The molecule has 158 valence electrons. The van der Waals surface area contributed by atoms with Gasteiger partial charge in [-0.05, 0) is 19.4 Å². The Morgan fingerprint density at radius 2 is 2.07 bits per heavy atom. The summed E-state index contributed by atoms with van der Waals surface area (Å²) in [6.07, 6.45) is 8.30. The van der Waals surface area contributed by atoms with Crippen molar-refractivity contribution in [2.75, 3.05) is 26.3 Å². The molecule has 4 heterocycles. The summed E-state index contributed by atoms with van der Waals surface area (Å²) >= 11 is 0. The van der Waals surface area contributed by atoms with Crippen molar-refractivity contribution in [1.29, 1.82) is 0 Å². The third kappa shape index (κ3) is 2.92. The Kier molecular flexibility index (Phi) is 5.25. The van der Waals surface area contributed by atoms with Crippen molar-refractivity contribution in [1.82, 2.24) is 9.80 Å². The first kappa shape index (κ1) is 20.1. The predicted molar refractivity (Wildman–Crippen MR) is 102 cm³/mol. The van der Waals surface area contributed by atoms with E-state index >= 15 is 0 Å². The Hall–Kier alpha value is -2.19. The lowest BCUT2D eigenvalue weighted by molar-refractivity contribution is -0.154. The van der Waals surface area contributed by atoms with Crippen LogP contribution in [0.2, 0.25) is 0 Å². The van der Waals surface area contributed by atoms with Gasteiger partial charge in [0.1, 0.15) is 24.2 Å². The van der Waals surface area contributed by atoms with Crippen LogP contribution in [0.1, 0.15) is 26.7 Å². The Labute approximate surface area is 170 Å². The van der Waals surface area contributed by atoms with E-state index in [9.17, 15) is 19.5 Å². The summed E-state index contributed by atoms with van der Waals surface area (Å²) in [5, 5.41) is 9.78. The first-order chi connectivity index (χ1) is 14.0. The molecule has 6 atom stereocenters. The van der Waals surface area contributed by atoms with Gasteiger partial charge in [0, 0.05) is 13.1 Å².